The molecule has 5 heteroatoms. The predicted octanol–water partition coefficient (Wildman–Crippen LogP) is 0.939. The molecule has 1 aliphatic carbocycles. The van der Waals surface area contributed by atoms with Gasteiger partial charge in [0.05, 0.1) is 6.42 Å². The molecular weight excluding hydrogens is 182 g/mol. The molecule has 0 saturated heterocycles. The quantitative estimate of drug-likeness (QED) is 0.776. The van der Waals surface area contributed by atoms with Crippen molar-refractivity contribution in [3.63, 3.8) is 0 Å². The summed E-state index contributed by atoms with van der Waals surface area (Å²) in [4.78, 5) is 10.4. The van der Waals surface area contributed by atoms with E-state index in [4.69, 9.17) is 5.11 Å². The van der Waals surface area contributed by atoms with E-state index >= 15 is 0 Å². The minimum absolute atomic E-state index is 0.137. The van der Waals surface area contributed by atoms with Crippen molar-refractivity contribution in [1.82, 2.24) is 14.8 Å². The molecular formula is C9H13N3O2. The van der Waals surface area contributed by atoms with Gasteiger partial charge >= 0.3 is 5.97 Å². The molecule has 76 valence electrons. The fourth-order valence-electron chi connectivity index (χ4n) is 1.52. The minimum Gasteiger partial charge on any atom is -0.481 e. The Morgan fingerprint density at radius 1 is 1.57 bits per heavy atom. The van der Waals surface area contributed by atoms with Crippen LogP contribution in [0, 0.1) is 6.92 Å². The van der Waals surface area contributed by atoms with E-state index in [1.807, 2.05) is 11.5 Å². The Hall–Kier alpha value is -1.39. The minimum atomic E-state index is -0.778. The highest BCUT2D eigenvalue weighted by Crippen LogP contribution is 2.39. The predicted molar refractivity (Wildman–Crippen MR) is 49.0 cm³/mol. The molecule has 0 amide bonds. The zero-order valence-electron chi connectivity index (χ0n) is 8.10. The molecule has 1 saturated carbocycles. The first-order valence-electron chi connectivity index (χ1n) is 4.80. The van der Waals surface area contributed by atoms with Gasteiger partial charge in [-0.05, 0) is 19.8 Å². The molecule has 0 aliphatic heterocycles. The topological polar surface area (TPSA) is 68.0 Å². The molecule has 0 aromatic carbocycles. The highest BCUT2D eigenvalue weighted by molar-refractivity contribution is 5.66. The van der Waals surface area contributed by atoms with E-state index in [1.165, 1.54) is 0 Å². The Balaban J connectivity index is 2.13. The highest BCUT2D eigenvalue weighted by atomic mass is 16.4. The lowest BCUT2D eigenvalue weighted by atomic mass is 10.3. The Kier molecular flexibility index (Phi) is 2.23. The molecule has 0 spiro atoms. The first-order valence-corrected chi connectivity index (χ1v) is 4.80. The number of carboxylic acid groups (broad SMARTS) is 1. The van der Waals surface area contributed by atoms with E-state index in [0.717, 1.165) is 24.5 Å². The third-order valence-electron chi connectivity index (χ3n) is 2.46. The Bertz CT molecular complexity index is 355. The second-order valence-electron chi connectivity index (χ2n) is 3.68. The first-order chi connectivity index (χ1) is 6.68. The third-order valence-corrected chi connectivity index (χ3v) is 2.46. The molecule has 1 aromatic rings. The molecule has 1 N–H and O–H groups in total. The monoisotopic (exact) mass is 195 g/mol. The second-order valence-corrected chi connectivity index (χ2v) is 3.68. The van der Waals surface area contributed by atoms with Gasteiger partial charge in [0.1, 0.15) is 11.6 Å². The van der Waals surface area contributed by atoms with Crippen LogP contribution in [-0.2, 0) is 11.3 Å². The Morgan fingerprint density at radius 2 is 2.29 bits per heavy atom. The summed E-state index contributed by atoms with van der Waals surface area (Å²) in [6.07, 6.45) is 2.45. The molecule has 5 nitrogen and oxygen atoms in total. The van der Waals surface area contributed by atoms with Crippen molar-refractivity contribution in [3.8, 4) is 0 Å². The van der Waals surface area contributed by atoms with Crippen molar-refractivity contribution < 1.29 is 9.90 Å². The molecule has 0 bridgehead atoms. The molecule has 0 radical (unpaired) electrons. The van der Waals surface area contributed by atoms with Crippen molar-refractivity contribution in [2.75, 3.05) is 0 Å². The molecule has 2 rings (SSSR count). The average molecular weight is 195 g/mol. The van der Waals surface area contributed by atoms with Gasteiger partial charge in [-0.25, -0.2) is 0 Å². The number of aryl methyl sites for hydroxylation is 1. The average Bonchev–Trinajstić information content (AvgIpc) is 2.88. The van der Waals surface area contributed by atoms with E-state index in [1.54, 1.807) is 0 Å². The van der Waals surface area contributed by atoms with Crippen LogP contribution in [0.15, 0.2) is 0 Å². The van der Waals surface area contributed by atoms with Crippen LogP contribution in [0.3, 0.4) is 0 Å². The van der Waals surface area contributed by atoms with Crippen LogP contribution in [0.25, 0.3) is 0 Å². The highest BCUT2D eigenvalue weighted by Gasteiger charge is 2.29. The summed E-state index contributed by atoms with van der Waals surface area (Å²) >= 11 is 0. The number of rotatable bonds is 4. The summed E-state index contributed by atoms with van der Waals surface area (Å²) in [5.74, 6) is 1.52. The van der Waals surface area contributed by atoms with Gasteiger partial charge in [-0.15, -0.1) is 10.2 Å². The van der Waals surface area contributed by atoms with Crippen LogP contribution < -0.4 is 0 Å². The summed E-state index contributed by atoms with van der Waals surface area (Å²) in [5, 5.41) is 16.6. The smallest absolute Gasteiger partial charge is 0.305 e. The SMILES string of the molecule is Cc1nnc(C2CC2)n1CCC(=O)O. The Morgan fingerprint density at radius 3 is 2.86 bits per heavy atom. The van der Waals surface area contributed by atoms with Crippen LogP contribution in [0.5, 0.6) is 0 Å². The maximum Gasteiger partial charge on any atom is 0.305 e. The number of carboxylic acids is 1. The van der Waals surface area contributed by atoms with Gasteiger partial charge in [-0.3, -0.25) is 4.79 Å². The van der Waals surface area contributed by atoms with Crippen LogP contribution in [-0.4, -0.2) is 25.8 Å². The number of nitrogens with zero attached hydrogens (tertiary/aromatic N) is 3. The fourth-order valence-corrected chi connectivity index (χ4v) is 1.52. The summed E-state index contributed by atoms with van der Waals surface area (Å²) in [6, 6.07) is 0. The van der Waals surface area contributed by atoms with E-state index in [-0.39, 0.29) is 6.42 Å². The van der Waals surface area contributed by atoms with Crippen LogP contribution in [0.4, 0.5) is 0 Å². The molecule has 14 heavy (non-hydrogen) atoms. The van der Waals surface area contributed by atoms with Gasteiger partial charge in [0.2, 0.25) is 0 Å². The number of hydrogen-bond donors (Lipinski definition) is 1. The van der Waals surface area contributed by atoms with Gasteiger partial charge < -0.3 is 9.67 Å². The van der Waals surface area contributed by atoms with Gasteiger partial charge in [-0.2, -0.15) is 0 Å². The number of carbonyl (C=O) groups is 1. The summed E-state index contributed by atoms with van der Waals surface area (Å²) in [6.45, 7) is 2.35. The zero-order valence-corrected chi connectivity index (χ0v) is 8.10. The summed E-state index contributed by atoms with van der Waals surface area (Å²) in [7, 11) is 0. The fraction of sp³-hybridized carbons (Fsp3) is 0.667. The largest absolute Gasteiger partial charge is 0.481 e. The molecule has 1 aromatic heterocycles. The van der Waals surface area contributed by atoms with E-state index in [2.05, 4.69) is 10.2 Å². The maximum absolute atomic E-state index is 10.4. The lowest BCUT2D eigenvalue weighted by Gasteiger charge is -2.05. The van der Waals surface area contributed by atoms with Crippen LogP contribution >= 0.6 is 0 Å². The lowest BCUT2D eigenvalue weighted by Crippen LogP contribution is -2.09. The molecule has 1 heterocycles. The zero-order chi connectivity index (χ0) is 10.1. The van der Waals surface area contributed by atoms with Crippen molar-refractivity contribution >= 4 is 5.97 Å². The molecule has 0 unspecified atom stereocenters. The van der Waals surface area contributed by atoms with Crippen molar-refractivity contribution in [2.45, 2.75) is 38.6 Å². The third kappa shape index (κ3) is 1.76. The normalized spacial score (nSPS) is 15.8. The molecule has 1 aliphatic rings. The molecule has 1 fully saturated rings. The van der Waals surface area contributed by atoms with E-state index in [9.17, 15) is 4.79 Å². The van der Waals surface area contributed by atoms with Crippen LogP contribution in [0.1, 0.15) is 36.8 Å². The van der Waals surface area contributed by atoms with Gasteiger partial charge in [0.15, 0.2) is 0 Å². The van der Waals surface area contributed by atoms with Gasteiger partial charge in [0.25, 0.3) is 0 Å². The van der Waals surface area contributed by atoms with Gasteiger partial charge in [-0.1, -0.05) is 0 Å². The first kappa shape index (κ1) is 9.18. The number of aromatic nitrogens is 3. The second kappa shape index (κ2) is 3.40. The maximum atomic E-state index is 10.4. The lowest BCUT2D eigenvalue weighted by molar-refractivity contribution is -0.137. The van der Waals surface area contributed by atoms with Gasteiger partial charge in [0, 0.05) is 12.5 Å². The standard InChI is InChI=1S/C9H13N3O2/c1-6-10-11-9(7-2-3-7)12(6)5-4-8(13)14/h7H,2-5H2,1H3,(H,13,14). The van der Waals surface area contributed by atoms with Crippen molar-refractivity contribution in [3.05, 3.63) is 11.6 Å². The Labute approximate surface area is 81.8 Å². The van der Waals surface area contributed by atoms with E-state index < -0.39 is 5.97 Å². The number of hydrogen-bond acceptors (Lipinski definition) is 3. The number of aliphatic carboxylic acids is 1. The van der Waals surface area contributed by atoms with E-state index in [0.29, 0.717) is 12.5 Å². The summed E-state index contributed by atoms with van der Waals surface area (Å²) in [5.41, 5.74) is 0. The van der Waals surface area contributed by atoms with Crippen molar-refractivity contribution in [2.24, 2.45) is 0 Å². The van der Waals surface area contributed by atoms with Crippen molar-refractivity contribution in [1.29, 1.82) is 0 Å². The van der Waals surface area contributed by atoms with Crippen LogP contribution in [0.2, 0.25) is 0 Å². The molecule has 0 atom stereocenters. The summed E-state index contributed by atoms with van der Waals surface area (Å²) < 4.78 is 1.92.